The third kappa shape index (κ3) is 10.7. The number of aliphatic carboxylic acids is 1. The number of urea groups is 1. The van der Waals surface area contributed by atoms with Crippen LogP contribution in [0.15, 0.2) is 49.9 Å². The molecule has 2 atom stereocenters. The Balaban J connectivity index is 0.00000696. The number of carboxylic acid groups (broad SMARTS) is 1. The first-order valence-corrected chi connectivity index (χ1v) is 18.9. The fraction of sp³-hybridized carbons (Fsp3) is 0.241. The highest BCUT2D eigenvalue weighted by Gasteiger charge is 2.54. The van der Waals surface area contributed by atoms with E-state index < -0.39 is 71.3 Å². The number of aromatic nitrogens is 3. The number of thiazole rings is 1. The molecule has 0 aliphatic carbocycles. The average Bonchev–Trinajstić information content (AvgIpc) is 3.82. The van der Waals surface area contributed by atoms with Crippen LogP contribution >= 0.6 is 58.6 Å². The van der Waals surface area contributed by atoms with E-state index in [1.165, 1.54) is 52.4 Å². The van der Waals surface area contributed by atoms with Gasteiger partial charge in [0.15, 0.2) is 33.3 Å². The van der Waals surface area contributed by atoms with Crippen LogP contribution in [0.1, 0.15) is 29.9 Å². The first-order valence-electron chi connectivity index (χ1n) is 15.1. The number of benzene rings is 1. The van der Waals surface area contributed by atoms with Crippen LogP contribution < -0.4 is 36.7 Å². The number of halogens is 1. The minimum absolute atomic E-state index is 0. The number of nitrogens with zero attached hydrogens (tertiary/aromatic N) is 5. The number of anilines is 1. The lowest BCUT2D eigenvalue weighted by molar-refractivity contribution is -0.150. The molecule has 6 amide bonds. The lowest BCUT2D eigenvalue weighted by atomic mass is 10.0. The number of hydrogen-bond donors (Lipinski definition) is 6. The van der Waals surface area contributed by atoms with Crippen LogP contribution in [-0.2, 0) is 33.6 Å². The summed E-state index contributed by atoms with van der Waals surface area (Å²) >= 11 is 4.79. The van der Waals surface area contributed by atoms with E-state index in [9.17, 15) is 43.5 Å². The van der Waals surface area contributed by atoms with Gasteiger partial charge in [-0.2, -0.15) is 0 Å². The Morgan fingerprint density at radius 3 is 2.45 bits per heavy atom. The average molecular weight is 871 g/mol. The predicted molar refractivity (Wildman–Crippen MR) is 200 cm³/mol. The van der Waals surface area contributed by atoms with Gasteiger partial charge in [-0.25, -0.2) is 20.0 Å². The second kappa shape index (κ2) is 19.2. The van der Waals surface area contributed by atoms with Gasteiger partial charge in [0.05, 0.1) is 0 Å². The Morgan fingerprint density at radius 2 is 1.80 bits per heavy atom. The van der Waals surface area contributed by atoms with Gasteiger partial charge >= 0.3 is 23.9 Å². The summed E-state index contributed by atoms with van der Waals surface area (Å²) in [6.07, 6.45) is 0. The topological polar surface area (TPSA) is 313 Å². The fourth-order valence-electron chi connectivity index (χ4n) is 4.63. The van der Waals surface area contributed by atoms with Crippen LogP contribution in [-0.4, -0.2) is 108 Å². The van der Waals surface area contributed by atoms with Crippen LogP contribution in [0, 0.1) is 0 Å². The summed E-state index contributed by atoms with van der Waals surface area (Å²) in [5, 5.41) is 26.4. The number of esters is 2. The zero-order valence-corrected chi connectivity index (χ0v) is 32.5. The Kier molecular flexibility index (Phi) is 14.7. The zero-order valence-electron chi connectivity index (χ0n) is 28.5. The molecular weight excluding hydrogens is 844 g/mol. The van der Waals surface area contributed by atoms with Gasteiger partial charge in [-0.15, -0.1) is 45.7 Å². The smallest absolute Gasteiger partial charge is 0.352 e. The van der Waals surface area contributed by atoms with Gasteiger partial charge in [0, 0.05) is 36.3 Å². The molecule has 4 heterocycles. The van der Waals surface area contributed by atoms with E-state index in [0.29, 0.717) is 9.91 Å². The van der Waals surface area contributed by atoms with Crippen molar-refractivity contribution in [2.24, 2.45) is 5.16 Å². The number of β-lactam (4-membered cyclic amide) rings is 1. The van der Waals surface area contributed by atoms with Crippen molar-refractivity contribution in [3.63, 3.8) is 0 Å². The molecule has 0 spiro atoms. The number of thioether (sulfide) groups is 2. The molecule has 0 bridgehead atoms. The third-order valence-corrected chi connectivity index (χ3v) is 10.8. The highest BCUT2D eigenvalue weighted by atomic mass is 35.5. The lowest BCUT2D eigenvalue weighted by Gasteiger charge is -2.49. The zero-order chi connectivity index (χ0) is 39.8. The molecule has 56 heavy (non-hydrogen) atoms. The number of fused-ring (bicyclic) bond motifs is 1. The number of ether oxygens (including phenoxy) is 2. The third-order valence-electron chi connectivity index (χ3n) is 6.83. The number of carbonyl (C=O) groups is 8. The maximum absolute atomic E-state index is 13.4. The highest BCUT2D eigenvalue weighted by Crippen LogP contribution is 2.41. The number of carboxylic acids is 1. The summed E-state index contributed by atoms with van der Waals surface area (Å²) < 4.78 is 10.5. The van der Waals surface area contributed by atoms with E-state index >= 15 is 0 Å². The van der Waals surface area contributed by atoms with E-state index in [1.54, 1.807) is 5.51 Å². The van der Waals surface area contributed by atoms with Gasteiger partial charge in [-0.1, -0.05) is 28.3 Å². The van der Waals surface area contributed by atoms with Gasteiger partial charge in [-0.3, -0.25) is 44.4 Å². The number of nitrogens with one attached hydrogen (secondary N) is 4. The van der Waals surface area contributed by atoms with Crippen molar-refractivity contribution in [1.29, 1.82) is 0 Å². The summed E-state index contributed by atoms with van der Waals surface area (Å²) in [7, 11) is 0. The van der Waals surface area contributed by atoms with Crippen molar-refractivity contribution in [3.8, 4) is 11.5 Å². The van der Waals surface area contributed by atoms with Crippen LogP contribution in [0.2, 0.25) is 0 Å². The number of nitrogens with two attached hydrogens (primary N) is 1. The second-order valence-electron chi connectivity index (χ2n) is 10.7. The van der Waals surface area contributed by atoms with Gasteiger partial charge in [0.2, 0.25) is 0 Å². The Bertz CT molecular complexity index is 2130. The van der Waals surface area contributed by atoms with Crippen molar-refractivity contribution < 1.29 is 57.8 Å². The number of imide groups is 1. The maximum Gasteiger partial charge on any atom is 0.352 e. The molecule has 3 aromatic rings. The van der Waals surface area contributed by atoms with Gasteiger partial charge in [-0.05, 0) is 23.8 Å². The highest BCUT2D eigenvalue weighted by molar-refractivity contribution is 8.01. The van der Waals surface area contributed by atoms with E-state index in [4.69, 9.17) is 20.0 Å². The quantitative estimate of drug-likeness (QED) is 0.0335. The van der Waals surface area contributed by atoms with E-state index in [1.807, 2.05) is 16.2 Å². The van der Waals surface area contributed by atoms with Crippen molar-refractivity contribution in [1.82, 2.24) is 41.6 Å². The molecule has 0 radical (unpaired) electrons. The summed E-state index contributed by atoms with van der Waals surface area (Å²) in [6, 6.07) is 1.06. The monoisotopic (exact) mass is 870 g/mol. The molecule has 7 N–H and O–H groups in total. The number of hydrazine groups is 1. The molecule has 296 valence electrons. The molecule has 2 aromatic heterocycles. The Morgan fingerprint density at radius 1 is 1.07 bits per heavy atom. The number of rotatable bonds is 13. The molecule has 2 aliphatic heterocycles. The van der Waals surface area contributed by atoms with E-state index in [-0.39, 0.29) is 57.5 Å². The molecule has 0 saturated carbocycles. The molecule has 27 heteroatoms. The molecule has 2 aliphatic rings. The fourth-order valence-corrected chi connectivity index (χ4v) is 8.15. The van der Waals surface area contributed by atoms with Gasteiger partial charge in [0.25, 0.3) is 23.6 Å². The number of amides is 6. The first kappa shape index (κ1) is 42.9. The molecule has 5 rings (SSSR count). The number of nitrogen functional groups attached to an aromatic ring is 1. The van der Waals surface area contributed by atoms with Crippen molar-refractivity contribution in [3.05, 3.63) is 51.6 Å². The van der Waals surface area contributed by atoms with Crippen LogP contribution in [0.5, 0.6) is 11.5 Å². The lowest BCUT2D eigenvalue weighted by Crippen LogP contribution is -2.71. The minimum atomic E-state index is -1.30. The Hall–Kier alpha value is -5.83. The molecule has 1 fully saturated rings. The molecule has 22 nitrogen and oxygen atoms in total. The van der Waals surface area contributed by atoms with Crippen molar-refractivity contribution in [2.45, 2.75) is 29.6 Å². The van der Waals surface area contributed by atoms with Crippen LogP contribution in [0.3, 0.4) is 0 Å². The van der Waals surface area contributed by atoms with Gasteiger partial charge < -0.3 is 30.5 Å². The van der Waals surface area contributed by atoms with Gasteiger partial charge in [0.1, 0.15) is 28.3 Å². The first-order chi connectivity index (χ1) is 26.2. The van der Waals surface area contributed by atoms with Crippen molar-refractivity contribution in [2.75, 3.05) is 23.8 Å². The van der Waals surface area contributed by atoms with Crippen molar-refractivity contribution >= 4 is 117 Å². The predicted octanol–water partition coefficient (Wildman–Crippen LogP) is 0.272. The molecule has 1 aromatic carbocycles. The summed E-state index contributed by atoms with van der Waals surface area (Å²) in [4.78, 5) is 109. The second-order valence-corrected chi connectivity index (χ2v) is 14.8. The molecule has 1 saturated heterocycles. The molecule has 2 unspecified atom stereocenters. The summed E-state index contributed by atoms with van der Waals surface area (Å²) in [6.45, 7) is 1.33. The standard InChI is InChI=1S/C29H26N10O12S4.ClH/c1-11(40)50-16-4-3-13(5-17(16)51-12(2)41)22(43)34-28(48)36-35-18(42)6-49-38-19(15-9-53-27(30)32-15)23(44)33-20-24(45)39-21(26(46)47)14(7-52-25(20)39)8-54-29-37-31-10-55-29;/h3-5,9-10,20,25H,6-8H2,1-2H3,(H2,30,32)(H,33,44)(H,35,42)(H,46,47)(H2,34,36,43,48);1H/b38-19+;. The SMILES string of the molecule is CC(=O)Oc1ccc(C(=O)NC(=O)NNC(=O)CO/N=C(/C(=O)NC2C(=O)N3C(C(=O)O)=C(CSc4nncs4)CSC23)c2csc(N)n2)cc1OC(C)=O.Cl. The minimum Gasteiger partial charge on any atom is -0.477 e. The normalized spacial score (nSPS) is 15.9. The number of oxime groups is 1. The summed E-state index contributed by atoms with van der Waals surface area (Å²) in [5.41, 5.74) is 10.7. The van der Waals surface area contributed by atoms with E-state index in [0.717, 1.165) is 36.2 Å². The maximum atomic E-state index is 13.4. The number of carbonyl (C=O) groups excluding carboxylic acids is 7. The molecular formula is C29H27ClN10O12S4. The summed E-state index contributed by atoms with van der Waals surface area (Å²) in [5.74, 6) is -6.30. The number of hydrogen-bond acceptors (Lipinski definition) is 20. The van der Waals surface area contributed by atoms with E-state index in [2.05, 4.69) is 25.7 Å². The van der Waals surface area contributed by atoms with Crippen LogP contribution in [0.4, 0.5) is 9.93 Å². The largest absolute Gasteiger partial charge is 0.477 e. The Labute approximate surface area is 336 Å². The van der Waals surface area contributed by atoms with Crippen LogP contribution in [0.25, 0.3) is 0 Å².